The second-order valence-corrected chi connectivity index (χ2v) is 5.50. The molecule has 3 rings (SSSR count). The summed E-state index contributed by atoms with van der Waals surface area (Å²) in [7, 11) is 2.23. The summed E-state index contributed by atoms with van der Waals surface area (Å²) in [6, 6.07) is 9.03. The lowest BCUT2D eigenvalue weighted by atomic mass is 10.0. The average Bonchev–Trinajstić information content (AvgIpc) is 3.01. The summed E-state index contributed by atoms with van der Waals surface area (Å²) in [4.78, 5) is 6.60. The SMILES string of the molecule is CN1CCCCC1CNc1ccccc1-n1ccnc1. The van der Waals surface area contributed by atoms with Crippen LogP contribution in [0, 0.1) is 0 Å². The smallest absolute Gasteiger partial charge is 0.0992 e. The minimum absolute atomic E-state index is 0.639. The number of likely N-dealkylation sites (tertiary alicyclic amines) is 1. The zero-order valence-electron chi connectivity index (χ0n) is 12.0. The third-order valence-corrected chi connectivity index (χ3v) is 4.14. The molecular formula is C16H22N4. The van der Waals surface area contributed by atoms with Crippen LogP contribution in [0.5, 0.6) is 0 Å². The molecule has 0 spiro atoms. The number of nitrogens with zero attached hydrogens (tertiary/aromatic N) is 3. The molecule has 106 valence electrons. The molecule has 1 aromatic carbocycles. The lowest BCUT2D eigenvalue weighted by Crippen LogP contribution is -2.40. The van der Waals surface area contributed by atoms with E-state index in [4.69, 9.17) is 0 Å². The van der Waals surface area contributed by atoms with Gasteiger partial charge in [-0.15, -0.1) is 0 Å². The topological polar surface area (TPSA) is 33.1 Å². The van der Waals surface area contributed by atoms with Crippen LogP contribution < -0.4 is 5.32 Å². The van der Waals surface area contributed by atoms with Crippen molar-refractivity contribution in [2.45, 2.75) is 25.3 Å². The third-order valence-electron chi connectivity index (χ3n) is 4.14. The number of imidazole rings is 1. The summed E-state index contributed by atoms with van der Waals surface area (Å²) in [5, 5.41) is 3.61. The fraction of sp³-hybridized carbons (Fsp3) is 0.438. The van der Waals surface area contributed by atoms with Crippen LogP contribution in [-0.4, -0.2) is 40.6 Å². The number of para-hydroxylation sites is 2. The molecule has 20 heavy (non-hydrogen) atoms. The number of hydrogen-bond acceptors (Lipinski definition) is 3. The van der Waals surface area contributed by atoms with Crippen LogP contribution in [0.15, 0.2) is 43.0 Å². The van der Waals surface area contributed by atoms with Crippen LogP contribution in [-0.2, 0) is 0 Å². The van der Waals surface area contributed by atoms with Crippen molar-refractivity contribution in [2.24, 2.45) is 0 Å². The van der Waals surface area contributed by atoms with Crippen LogP contribution in [0.3, 0.4) is 0 Å². The minimum Gasteiger partial charge on any atom is -0.382 e. The van der Waals surface area contributed by atoms with Crippen LogP contribution in [0.4, 0.5) is 5.69 Å². The predicted molar refractivity (Wildman–Crippen MR) is 82.3 cm³/mol. The van der Waals surface area contributed by atoms with Gasteiger partial charge >= 0.3 is 0 Å². The van der Waals surface area contributed by atoms with Gasteiger partial charge < -0.3 is 14.8 Å². The molecule has 4 heteroatoms. The Morgan fingerprint density at radius 2 is 2.20 bits per heavy atom. The number of piperidine rings is 1. The number of anilines is 1. The fourth-order valence-corrected chi connectivity index (χ4v) is 2.88. The molecule has 1 N–H and O–H groups in total. The van der Waals surface area contributed by atoms with Crippen molar-refractivity contribution in [1.29, 1.82) is 0 Å². The van der Waals surface area contributed by atoms with Crippen molar-refractivity contribution in [2.75, 3.05) is 25.5 Å². The number of benzene rings is 1. The first-order valence-corrected chi connectivity index (χ1v) is 7.36. The highest BCUT2D eigenvalue weighted by Gasteiger charge is 2.18. The Kier molecular flexibility index (Phi) is 4.02. The maximum Gasteiger partial charge on any atom is 0.0992 e. The van der Waals surface area contributed by atoms with Crippen LogP contribution in [0.25, 0.3) is 5.69 Å². The summed E-state index contributed by atoms with van der Waals surface area (Å²) in [6.45, 7) is 2.22. The number of hydrogen-bond donors (Lipinski definition) is 1. The summed E-state index contributed by atoms with van der Waals surface area (Å²) >= 11 is 0. The molecule has 2 aromatic rings. The van der Waals surface area contributed by atoms with Crippen molar-refractivity contribution >= 4 is 5.69 Å². The lowest BCUT2D eigenvalue weighted by molar-refractivity contribution is 0.194. The van der Waals surface area contributed by atoms with Crippen molar-refractivity contribution in [3.05, 3.63) is 43.0 Å². The van der Waals surface area contributed by atoms with Gasteiger partial charge in [0.15, 0.2) is 0 Å². The van der Waals surface area contributed by atoms with E-state index in [1.54, 1.807) is 0 Å². The highest BCUT2D eigenvalue weighted by Crippen LogP contribution is 2.21. The summed E-state index contributed by atoms with van der Waals surface area (Å²) in [5.74, 6) is 0. The van der Waals surface area contributed by atoms with E-state index < -0.39 is 0 Å². The van der Waals surface area contributed by atoms with Crippen molar-refractivity contribution in [3.63, 3.8) is 0 Å². The third kappa shape index (κ3) is 2.85. The molecule has 0 bridgehead atoms. The monoisotopic (exact) mass is 270 g/mol. The molecule has 1 unspecified atom stereocenters. The molecule has 1 fully saturated rings. The Labute approximate surface area is 120 Å². The van der Waals surface area contributed by atoms with E-state index in [0.717, 1.165) is 12.2 Å². The van der Waals surface area contributed by atoms with Gasteiger partial charge in [0.25, 0.3) is 0 Å². The van der Waals surface area contributed by atoms with E-state index in [2.05, 4.69) is 46.5 Å². The van der Waals surface area contributed by atoms with Gasteiger partial charge in [0.05, 0.1) is 17.7 Å². The zero-order valence-corrected chi connectivity index (χ0v) is 12.0. The molecule has 0 radical (unpaired) electrons. The molecule has 2 heterocycles. The fourth-order valence-electron chi connectivity index (χ4n) is 2.88. The van der Waals surface area contributed by atoms with Gasteiger partial charge in [-0.3, -0.25) is 0 Å². The van der Waals surface area contributed by atoms with Gasteiger partial charge in [0, 0.05) is 25.0 Å². The number of nitrogens with one attached hydrogen (secondary N) is 1. The van der Waals surface area contributed by atoms with E-state index in [0.29, 0.717) is 6.04 Å². The van der Waals surface area contributed by atoms with Crippen molar-refractivity contribution in [1.82, 2.24) is 14.5 Å². The Balaban J connectivity index is 1.71. The second-order valence-electron chi connectivity index (χ2n) is 5.50. The summed E-state index contributed by atoms with van der Waals surface area (Å²) < 4.78 is 2.05. The molecule has 0 amide bonds. The van der Waals surface area contributed by atoms with Crippen LogP contribution in [0.2, 0.25) is 0 Å². The van der Waals surface area contributed by atoms with Gasteiger partial charge in [0.2, 0.25) is 0 Å². The van der Waals surface area contributed by atoms with Crippen LogP contribution in [0.1, 0.15) is 19.3 Å². The maximum atomic E-state index is 4.13. The highest BCUT2D eigenvalue weighted by atomic mass is 15.2. The van der Waals surface area contributed by atoms with Crippen LogP contribution >= 0.6 is 0 Å². The largest absolute Gasteiger partial charge is 0.382 e. The Bertz CT molecular complexity index is 535. The van der Waals surface area contributed by atoms with Gasteiger partial charge in [-0.05, 0) is 38.6 Å². The van der Waals surface area contributed by atoms with E-state index in [-0.39, 0.29) is 0 Å². The normalized spacial score (nSPS) is 19.9. The summed E-state index contributed by atoms with van der Waals surface area (Å²) in [5.41, 5.74) is 2.33. The lowest BCUT2D eigenvalue weighted by Gasteiger charge is -2.33. The average molecular weight is 270 g/mol. The Morgan fingerprint density at radius 1 is 1.30 bits per heavy atom. The number of likely N-dealkylation sites (N-methyl/N-ethyl adjacent to an activating group) is 1. The zero-order chi connectivity index (χ0) is 13.8. The van der Waals surface area contributed by atoms with E-state index in [1.807, 2.05) is 23.3 Å². The first-order valence-electron chi connectivity index (χ1n) is 7.36. The van der Waals surface area contributed by atoms with Gasteiger partial charge in [-0.2, -0.15) is 0 Å². The Morgan fingerprint density at radius 3 is 3.00 bits per heavy atom. The molecule has 4 nitrogen and oxygen atoms in total. The Hall–Kier alpha value is -1.81. The quantitative estimate of drug-likeness (QED) is 0.927. The summed E-state index contributed by atoms with van der Waals surface area (Å²) in [6.07, 6.45) is 9.60. The first-order chi connectivity index (χ1) is 9.84. The molecule has 1 aromatic heterocycles. The molecule has 1 saturated heterocycles. The molecule has 1 aliphatic heterocycles. The number of aromatic nitrogens is 2. The molecule has 0 saturated carbocycles. The van der Waals surface area contributed by atoms with Crippen molar-refractivity contribution in [3.8, 4) is 5.69 Å². The molecule has 1 aliphatic rings. The predicted octanol–water partition coefficient (Wildman–Crippen LogP) is 2.77. The molecule has 0 aliphatic carbocycles. The van der Waals surface area contributed by atoms with E-state index in [1.165, 1.54) is 31.5 Å². The second kappa shape index (κ2) is 6.09. The van der Waals surface area contributed by atoms with Crippen molar-refractivity contribution < 1.29 is 0 Å². The number of rotatable bonds is 4. The minimum atomic E-state index is 0.639. The standard InChI is InChI=1S/C16H22N4/c1-19-10-5-4-6-14(19)12-18-15-7-2-3-8-16(15)20-11-9-17-13-20/h2-3,7-9,11,13-14,18H,4-6,10,12H2,1H3. The first kappa shape index (κ1) is 13.2. The van der Waals surface area contributed by atoms with E-state index in [9.17, 15) is 0 Å². The maximum absolute atomic E-state index is 4.13. The van der Waals surface area contributed by atoms with Gasteiger partial charge in [-0.25, -0.2) is 4.98 Å². The molecular weight excluding hydrogens is 248 g/mol. The van der Waals surface area contributed by atoms with Gasteiger partial charge in [-0.1, -0.05) is 18.6 Å². The van der Waals surface area contributed by atoms with Gasteiger partial charge in [0.1, 0.15) is 0 Å². The highest BCUT2D eigenvalue weighted by molar-refractivity contribution is 5.61. The van der Waals surface area contributed by atoms with E-state index >= 15 is 0 Å². The molecule has 1 atom stereocenters.